The van der Waals surface area contributed by atoms with Gasteiger partial charge >= 0.3 is 19.8 Å². The summed E-state index contributed by atoms with van der Waals surface area (Å²) in [6, 6.07) is 0. The SMILES string of the molecule is CCCCCCCCCCCCCCCCCC(=O)OCC(COP(=O)(O)OC1C(O)C(O)C(O)C(O)C1O)OC(=O)CCCC=CCC=CCC=CC=CC(O)CCCCC. The van der Waals surface area contributed by atoms with Gasteiger partial charge in [-0.1, -0.05) is 172 Å². The van der Waals surface area contributed by atoms with Crippen molar-refractivity contribution in [3.8, 4) is 0 Å². The first-order chi connectivity index (χ1) is 29.8. The van der Waals surface area contributed by atoms with Crippen LogP contribution in [0.4, 0.5) is 0 Å². The molecule has 0 spiro atoms. The predicted octanol–water partition coefficient (Wildman–Crippen LogP) is 8.14. The lowest BCUT2D eigenvalue weighted by molar-refractivity contribution is -0.220. The average Bonchev–Trinajstić information content (AvgIpc) is 3.25. The zero-order valence-corrected chi connectivity index (χ0v) is 38.7. The Morgan fingerprint density at radius 1 is 0.581 bits per heavy atom. The van der Waals surface area contributed by atoms with E-state index in [0.29, 0.717) is 25.7 Å². The van der Waals surface area contributed by atoms with Crippen molar-refractivity contribution >= 4 is 19.8 Å². The number of allylic oxidation sites excluding steroid dienone is 7. The topological polar surface area (TPSA) is 230 Å². The Morgan fingerprint density at radius 2 is 1.06 bits per heavy atom. The van der Waals surface area contributed by atoms with Gasteiger partial charge in [0.25, 0.3) is 0 Å². The molecule has 7 atom stereocenters. The van der Waals surface area contributed by atoms with Crippen LogP contribution in [0.5, 0.6) is 0 Å². The van der Waals surface area contributed by atoms with E-state index in [2.05, 4.69) is 13.8 Å². The van der Waals surface area contributed by atoms with Gasteiger partial charge in [0, 0.05) is 12.8 Å². The molecule has 1 aliphatic carbocycles. The van der Waals surface area contributed by atoms with Gasteiger partial charge in [0.05, 0.1) is 12.7 Å². The Labute approximate surface area is 372 Å². The minimum Gasteiger partial charge on any atom is -0.462 e. The Kier molecular flexibility index (Phi) is 34.5. The first kappa shape index (κ1) is 57.8. The first-order valence-electron chi connectivity index (χ1n) is 23.5. The number of unbranched alkanes of at least 4 members (excludes halogenated alkanes) is 17. The molecule has 15 heteroatoms. The fraction of sp³-hybridized carbons (Fsp3) is 0.787. The van der Waals surface area contributed by atoms with E-state index < -0.39 is 81.8 Å². The summed E-state index contributed by atoms with van der Waals surface area (Å²) >= 11 is 0. The molecule has 0 radical (unpaired) electrons. The maximum atomic E-state index is 12.8. The van der Waals surface area contributed by atoms with Gasteiger partial charge < -0.3 is 45.0 Å². The summed E-state index contributed by atoms with van der Waals surface area (Å²) in [5.41, 5.74) is 0. The summed E-state index contributed by atoms with van der Waals surface area (Å²) in [4.78, 5) is 35.7. The van der Waals surface area contributed by atoms with Gasteiger partial charge in [0.2, 0.25) is 0 Å². The lowest BCUT2D eigenvalue weighted by Crippen LogP contribution is -2.64. The lowest BCUT2D eigenvalue weighted by Gasteiger charge is -2.41. The molecule has 7 unspecified atom stereocenters. The second-order valence-electron chi connectivity index (χ2n) is 16.5. The van der Waals surface area contributed by atoms with Gasteiger partial charge in [0.1, 0.15) is 43.2 Å². The predicted molar refractivity (Wildman–Crippen MR) is 241 cm³/mol. The molecule has 1 fully saturated rings. The van der Waals surface area contributed by atoms with E-state index in [0.717, 1.165) is 51.4 Å². The molecule has 7 N–H and O–H groups in total. The van der Waals surface area contributed by atoms with Crippen molar-refractivity contribution < 1.29 is 68.2 Å². The molecule has 0 aliphatic heterocycles. The summed E-state index contributed by atoms with van der Waals surface area (Å²) in [6.07, 6.45) is 26.3. The summed E-state index contributed by atoms with van der Waals surface area (Å²) < 4.78 is 33.4. The fourth-order valence-corrected chi connectivity index (χ4v) is 7.89. The number of ether oxygens (including phenoxy) is 2. The van der Waals surface area contributed by atoms with Crippen LogP contribution in [0.25, 0.3) is 0 Å². The fourth-order valence-electron chi connectivity index (χ4n) is 6.92. The molecule has 0 amide bonds. The highest BCUT2D eigenvalue weighted by Gasteiger charge is 2.51. The van der Waals surface area contributed by atoms with Gasteiger partial charge in [-0.15, -0.1) is 0 Å². The molecule has 0 aromatic carbocycles. The monoisotopic (exact) mass is 903 g/mol. The molecule has 14 nitrogen and oxygen atoms in total. The number of aliphatic hydroxyl groups is 6. The van der Waals surface area contributed by atoms with Gasteiger partial charge in [-0.3, -0.25) is 18.6 Å². The summed E-state index contributed by atoms with van der Waals surface area (Å²) in [7, 11) is -5.14. The molecule has 0 aromatic rings. The summed E-state index contributed by atoms with van der Waals surface area (Å²) in [6.45, 7) is 3.13. The molecule has 0 saturated heterocycles. The van der Waals surface area contributed by atoms with Crippen molar-refractivity contribution in [1.29, 1.82) is 0 Å². The number of hydrogen-bond acceptors (Lipinski definition) is 13. The third-order valence-corrected chi connectivity index (χ3v) is 11.8. The van der Waals surface area contributed by atoms with Crippen molar-refractivity contribution in [2.75, 3.05) is 13.2 Å². The molecule has 1 saturated carbocycles. The van der Waals surface area contributed by atoms with Crippen LogP contribution in [-0.4, -0.2) is 110 Å². The Hall–Kier alpha value is -2.23. The van der Waals surface area contributed by atoms with Crippen LogP contribution in [-0.2, 0) is 32.7 Å². The number of esters is 2. The minimum absolute atomic E-state index is 0.00120. The molecule has 360 valence electrons. The lowest BCUT2D eigenvalue weighted by atomic mass is 9.85. The second kappa shape index (κ2) is 37.0. The van der Waals surface area contributed by atoms with E-state index in [1.165, 1.54) is 70.6 Å². The van der Waals surface area contributed by atoms with E-state index in [1.807, 2.05) is 42.5 Å². The van der Waals surface area contributed by atoms with Gasteiger partial charge in [-0.25, -0.2) is 4.57 Å². The van der Waals surface area contributed by atoms with Crippen LogP contribution in [0.15, 0.2) is 48.6 Å². The summed E-state index contributed by atoms with van der Waals surface area (Å²) in [5.74, 6) is -1.19. The van der Waals surface area contributed by atoms with Crippen LogP contribution in [0, 0.1) is 0 Å². The van der Waals surface area contributed by atoms with Crippen molar-refractivity contribution in [1.82, 2.24) is 0 Å². The zero-order chi connectivity index (χ0) is 45.9. The number of phosphoric ester groups is 1. The molecular formula is C47H83O14P. The largest absolute Gasteiger partial charge is 0.472 e. The van der Waals surface area contributed by atoms with E-state index in [9.17, 15) is 49.7 Å². The molecule has 0 aromatic heterocycles. The number of aliphatic hydroxyl groups excluding tert-OH is 6. The van der Waals surface area contributed by atoms with E-state index in [1.54, 1.807) is 6.08 Å². The maximum absolute atomic E-state index is 12.8. The molecule has 62 heavy (non-hydrogen) atoms. The third-order valence-electron chi connectivity index (χ3n) is 10.8. The van der Waals surface area contributed by atoms with E-state index in [-0.39, 0.29) is 12.8 Å². The van der Waals surface area contributed by atoms with Crippen LogP contribution in [0.1, 0.15) is 174 Å². The van der Waals surface area contributed by atoms with E-state index >= 15 is 0 Å². The number of carbonyl (C=O) groups is 2. The van der Waals surface area contributed by atoms with Gasteiger partial charge in [0.15, 0.2) is 6.10 Å². The average molecular weight is 903 g/mol. The highest BCUT2D eigenvalue weighted by Crippen LogP contribution is 2.47. The normalized spacial score (nSPS) is 22.8. The molecule has 0 heterocycles. The van der Waals surface area contributed by atoms with E-state index in [4.69, 9.17) is 18.5 Å². The van der Waals surface area contributed by atoms with Crippen LogP contribution < -0.4 is 0 Å². The quantitative estimate of drug-likeness (QED) is 0.0102. The number of carbonyl (C=O) groups excluding carboxylic acids is 2. The second-order valence-corrected chi connectivity index (χ2v) is 17.9. The number of rotatable bonds is 38. The highest BCUT2D eigenvalue weighted by atomic mass is 31.2. The van der Waals surface area contributed by atoms with Crippen molar-refractivity contribution in [2.24, 2.45) is 0 Å². The van der Waals surface area contributed by atoms with Crippen molar-refractivity contribution in [3.05, 3.63) is 48.6 Å². The molecular weight excluding hydrogens is 819 g/mol. The van der Waals surface area contributed by atoms with Gasteiger partial charge in [-0.2, -0.15) is 0 Å². The Morgan fingerprint density at radius 3 is 1.65 bits per heavy atom. The number of hydrogen-bond donors (Lipinski definition) is 7. The smallest absolute Gasteiger partial charge is 0.462 e. The van der Waals surface area contributed by atoms with Crippen molar-refractivity contribution in [3.63, 3.8) is 0 Å². The maximum Gasteiger partial charge on any atom is 0.472 e. The molecule has 0 bridgehead atoms. The standard InChI is InChI=1S/C47H83O14P/c1-3-5-7-8-9-10-11-12-13-14-17-20-23-26-30-34-40(49)58-36-39(37-59-62(56,57)61-47-45(54)43(52)42(51)44(53)46(47)55)60-41(50)35-31-27-24-21-18-15-16-19-22-25-29-33-38(48)32-28-6-4-2/h15-16,21-22,24-25,29,33,38-39,42-48,51-55H,3-14,17-20,23,26-28,30-32,34-37H2,1-2H3,(H,56,57). The highest BCUT2D eigenvalue weighted by molar-refractivity contribution is 7.47. The molecule has 1 aliphatic rings. The first-order valence-corrected chi connectivity index (χ1v) is 25.0. The minimum atomic E-state index is -5.14. The third kappa shape index (κ3) is 29.3. The molecule has 1 rings (SSSR count). The van der Waals surface area contributed by atoms with Crippen LogP contribution in [0.3, 0.4) is 0 Å². The van der Waals surface area contributed by atoms with Crippen LogP contribution >= 0.6 is 7.82 Å². The summed E-state index contributed by atoms with van der Waals surface area (Å²) in [5, 5.41) is 60.0. The zero-order valence-electron chi connectivity index (χ0n) is 37.8. The Balaban J connectivity index is 2.52. The van der Waals surface area contributed by atoms with Gasteiger partial charge in [-0.05, 0) is 38.5 Å². The van der Waals surface area contributed by atoms with Crippen molar-refractivity contribution in [2.45, 2.75) is 223 Å². The van der Waals surface area contributed by atoms with Crippen LogP contribution in [0.2, 0.25) is 0 Å². The Bertz CT molecular complexity index is 1290. The number of phosphoric acid groups is 1.